The van der Waals surface area contributed by atoms with Crippen LogP contribution in [0.1, 0.15) is 26.2 Å². The van der Waals surface area contributed by atoms with Crippen LogP contribution >= 0.6 is 0 Å². The molecular weight excluding hydrogens is 100 g/mol. The average Bonchev–Trinajstić information content (AvgIpc) is 1.64. The third kappa shape index (κ3) is 1.01. The molecule has 2 heteroatoms. The molecule has 1 aliphatic carbocycles. The van der Waals surface area contributed by atoms with Crippen molar-refractivity contribution in [3.8, 4) is 0 Å². The minimum Gasteiger partial charge on any atom is -0.271 e. The molecule has 1 saturated carbocycles. The molecule has 0 radical (unpaired) electrons. The molecule has 48 valence electrons. The Hall–Kier alpha value is -0.0800. The summed E-state index contributed by atoms with van der Waals surface area (Å²) in [6.07, 6.45) is 4.08. The smallest absolute Gasteiger partial charge is 0.0151 e. The molecule has 1 rings (SSSR count). The first-order valence-electron chi connectivity index (χ1n) is 3.20. The monoisotopic (exact) mass is 114 g/mol. The van der Waals surface area contributed by atoms with E-state index < -0.39 is 0 Å². The number of hydrogen-bond acceptors (Lipinski definition) is 2. The van der Waals surface area contributed by atoms with Crippen molar-refractivity contribution in [3.05, 3.63) is 0 Å². The minimum atomic E-state index is 0.536. The second-order valence-electron chi connectivity index (χ2n) is 3.05. The Labute approximate surface area is 50.4 Å². The fourth-order valence-electron chi connectivity index (χ4n) is 1.20. The van der Waals surface area contributed by atoms with Gasteiger partial charge in [0.15, 0.2) is 0 Å². The Bertz CT molecular complexity index is 76.6. The number of nitrogens with one attached hydrogen (secondary N) is 1. The van der Waals surface area contributed by atoms with Crippen LogP contribution in [0.4, 0.5) is 0 Å². The van der Waals surface area contributed by atoms with Crippen LogP contribution in [0.15, 0.2) is 0 Å². The number of hydrogen-bond donors (Lipinski definition) is 2. The summed E-state index contributed by atoms with van der Waals surface area (Å²) in [5.41, 5.74) is 3.25. The first kappa shape index (κ1) is 6.05. The number of rotatable bonds is 2. The van der Waals surface area contributed by atoms with E-state index in [1.54, 1.807) is 0 Å². The van der Waals surface area contributed by atoms with Crippen molar-refractivity contribution in [2.45, 2.75) is 26.2 Å². The van der Waals surface area contributed by atoms with Crippen molar-refractivity contribution in [1.29, 1.82) is 0 Å². The highest BCUT2D eigenvalue weighted by atomic mass is 15.2. The molecule has 0 aromatic heterocycles. The number of nitrogens with two attached hydrogens (primary N) is 1. The maximum absolute atomic E-state index is 5.17. The summed E-state index contributed by atoms with van der Waals surface area (Å²) < 4.78 is 0. The summed E-state index contributed by atoms with van der Waals surface area (Å²) in [5, 5.41) is 0. The van der Waals surface area contributed by atoms with Gasteiger partial charge in [0, 0.05) is 6.54 Å². The van der Waals surface area contributed by atoms with Crippen molar-refractivity contribution < 1.29 is 0 Å². The molecule has 1 aliphatic rings. The van der Waals surface area contributed by atoms with Gasteiger partial charge in [-0.2, -0.15) is 0 Å². The lowest BCUT2D eigenvalue weighted by Crippen LogP contribution is -2.40. The molecule has 0 aromatic rings. The maximum atomic E-state index is 5.17. The van der Waals surface area contributed by atoms with Gasteiger partial charge in [-0.25, -0.2) is 0 Å². The Morgan fingerprint density at radius 1 is 1.62 bits per heavy atom. The van der Waals surface area contributed by atoms with Crippen LogP contribution in [0.5, 0.6) is 0 Å². The quantitative estimate of drug-likeness (QED) is 0.408. The van der Waals surface area contributed by atoms with Crippen LogP contribution in [0.3, 0.4) is 0 Å². The summed E-state index contributed by atoms with van der Waals surface area (Å²) >= 11 is 0. The van der Waals surface area contributed by atoms with Crippen molar-refractivity contribution in [2.75, 3.05) is 6.54 Å². The highest BCUT2D eigenvalue weighted by Crippen LogP contribution is 2.39. The van der Waals surface area contributed by atoms with Crippen molar-refractivity contribution in [1.82, 2.24) is 5.43 Å². The lowest BCUT2D eigenvalue weighted by atomic mass is 9.71. The lowest BCUT2D eigenvalue weighted by molar-refractivity contribution is 0.157. The maximum Gasteiger partial charge on any atom is 0.0151 e. The van der Waals surface area contributed by atoms with Crippen LogP contribution in [0, 0.1) is 5.41 Å². The largest absolute Gasteiger partial charge is 0.271 e. The van der Waals surface area contributed by atoms with Crippen LogP contribution < -0.4 is 11.3 Å². The van der Waals surface area contributed by atoms with Crippen LogP contribution in [-0.2, 0) is 0 Å². The molecule has 3 N–H and O–H groups in total. The van der Waals surface area contributed by atoms with Gasteiger partial charge in [-0.3, -0.25) is 11.3 Å². The topological polar surface area (TPSA) is 38.0 Å². The van der Waals surface area contributed by atoms with Gasteiger partial charge < -0.3 is 0 Å². The Kier molecular flexibility index (Phi) is 1.54. The molecule has 0 amide bonds. The third-order valence-electron chi connectivity index (χ3n) is 2.09. The summed E-state index contributed by atoms with van der Waals surface area (Å²) in [6, 6.07) is 0. The Morgan fingerprint density at radius 3 is 2.38 bits per heavy atom. The van der Waals surface area contributed by atoms with Gasteiger partial charge in [-0.15, -0.1) is 0 Å². The molecule has 0 bridgehead atoms. The normalized spacial score (nSPS) is 24.8. The van der Waals surface area contributed by atoms with Gasteiger partial charge in [0.25, 0.3) is 0 Å². The first-order chi connectivity index (χ1) is 3.77. The molecule has 0 unspecified atom stereocenters. The zero-order chi connectivity index (χ0) is 6.04. The van der Waals surface area contributed by atoms with Gasteiger partial charge >= 0.3 is 0 Å². The molecule has 0 aromatic carbocycles. The van der Waals surface area contributed by atoms with Crippen LogP contribution in [0.2, 0.25) is 0 Å². The summed E-state index contributed by atoms with van der Waals surface area (Å²) in [6.45, 7) is 3.25. The highest BCUT2D eigenvalue weighted by Gasteiger charge is 2.30. The zero-order valence-electron chi connectivity index (χ0n) is 5.41. The Morgan fingerprint density at radius 2 is 2.25 bits per heavy atom. The zero-order valence-corrected chi connectivity index (χ0v) is 5.41. The summed E-state index contributed by atoms with van der Waals surface area (Å²) in [5.74, 6) is 5.17. The third-order valence-corrected chi connectivity index (χ3v) is 2.09. The van der Waals surface area contributed by atoms with Gasteiger partial charge in [-0.05, 0) is 18.3 Å². The summed E-state index contributed by atoms with van der Waals surface area (Å²) in [7, 11) is 0. The predicted octanol–water partition coefficient (Wildman–Crippen LogP) is 0.640. The SMILES string of the molecule is CC1(CNN)CCC1. The van der Waals surface area contributed by atoms with Crippen LogP contribution in [0.25, 0.3) is 0 Å². The van der Waals surface area contributed by atoms with Crippen molar-refractivity contribution in [2.24, 2.45) is 11.3 Å². The van der Waals surface area contributed by atoms with Crippen LogP contribution in [-0.4, -0.2) is 6.54 Å². The minimum absolute atomic E-state index is 0.536. The molecular formula is C6H14N2. The fourth-order valence-corrected chi connectivity index (χ4v) is 1.20. The predicted molar refractivity (Wildman–Crippen MR) is 34.1 cm³/mol. The van der Waals surface area contributed by atoms with E-state index in [0.717, 1.165) is 6.54 Å². The second kappa shape index (κ2) is 2.03. The van der Waals surface area contributed by atoms with Crippen molar-refractivity contribution >= 4 is 0 Å². The van der Waals surface area contributed by atoms with E-state index >= 15 is 0 Å². The molecule has 0 atom stereocenters. The van der Waals surface area contributed by atoms with E-state index in [1.165, 1.54) is 19.3 Å². The standard InChI is InChI=1S/C6H14N2/c1-6(5-8-7)3-2-4-6/h8H,2-5,7H2,1H3. The van der Waals surface area contributed by atoms with E-state index in [2.05, 4.69) is 12.3 Å². The van der Waals surface area contributed by atoms with Crippen molar-refractivity contribution in [3.63, 3.8) is 0 Å². The van der Waals surface area contributed by atoms with Gasteiger partial charge in [0.1, 0.15) is 0 Å². The molecule has 1 fully saturated rings. The lowest BCUT2D eigenvalue weighted by Gasteiger charge is -2.37. The first-order valence-corrected chi connectivity index (χ1v) is 3.20. The average molecular weight is 114 g/mol. The Balaban J connectivity index is 2.20. The second-order valence-corrected chi connectivity index (χ2v) is 3.05. The molecule has 0 spiro atoms. The van der Waals surface area contributed by atoms with E-state index in [1.807, 2.05) is 0 Å². The molecule has 0 aliphatic heterocycles. The fraction of sp³-hybridized carbons (Fsp3) is 1.00. The van der Waals surface area contributed by atoms with Gasteiger partial charge in [0.05, 0.1) is 0 Å². The van der Waals surface area contributed by atoms with E-state index in [9.17, 15) is 0 Å². The molecule has 2 nitrogen and oxygen atoms in total. The van der Waals surface area contributed by atoms with E-state index in [4.69, 9.17) is 5.84 Å². The molecule has 0 heterocycles. The number of hydrazine groups is 1. The summed E-state index contributed by atoms with van der Waals surface area (Å²) in [4.78, 5) is 0. The van der Waals surface area contributed by atoms with E-state index in [-0.39, 0.29) is 0 Å². The van der Waals surface area contributed by atoms with Gasteiger partial charge in [0.2, 0.25) is 0 Å². The van der Waals surface area contributed by atoms with Gasteiger partial charge in [-0.1, -0.05) is 13.3 Å². The molecule has 0 saturated heterocycles. The van der Waals surface area contributed by atoms with E-state index in [0.29, 0.717) is 5.41 Å². The molecule has 8 heavy (non-hydrogen) atoms. The highest BCUT2D eigenvalue weighted by molar-refractivity contribution is 4.84.